The number of amides is 2. The van der Waals surface area contributed by atoms with E-state index >= 15 is 0 Å². The van der Waals surface area contributed by atoms with Gasteiger partial charge in [-0.2, -0.15) is 4.31 Å². The second-order valence-electron chi connectivity index (χ2n) is 24.9. The first-order valence-corrected chi connectivity index (χ1v) is 34.4. The van der Waals surface area contributed by atoms with Crippen LogP contribution < -0.4 is 10.6 Å². The molecule has 544 valence electrons. The van der Waals surface area contributed by atoms with Crippen molar-refractivity contribution in [3.8, 4) is 0 Å². The van der Waals surface area contributed by atoms with Crippen LogP contribution >= 0.6 is 15.6 Å². The van der Waals surface area contributed by atoms with Crippen molar-refractivity contribution in [3.05, 3.63) is 46.6 Å². The minimum Gasteiger partial charge on any atom is -0.394 e. The highest BCUT2D eigenvalue weighted by Gasteiger charge is 2.59. The lowest BCUT2D eigenvalue weighted by molar-refractivity contribution is -0.402. The second-order valence-corrected chi connectivity index (χ2v) is 27.9. The number of carbonyl (C=O) groups is 2. The molecule has 35 heteroatoms. The number of hydrogen-bond donors (Lipinski definition) is 17. The number of phosphoric ester groups is 2. The molecule has 94 heavy (non-hydrogen) atoms. The first-order valence-electron chi connectivity index (χ1n) is 31.5. The molecule has 2 unspecified atom stereocenters. The highest BCUT2D eigenvalue weighted by Crippen LogP contribution is 2.61. The molecule has 5 aliphatic heterocycles. The van der Waals surface area contributed by atoms with Crippen LogP contribution in [0.15, 0.2) is 46.6 Å². The first kappa shape index (κ1) is 82.0. The van der Waals surface area contributed by atoms with Crippen molar-refractivity contribution in [1.29, 1.82) is 0 Å². The molecule has 17 N–H and O–H groups in total. The third-order valence-corrected chi connectivity index (χ3v) is 19.3. The number of aliphatic hydroxyl groups is 13. The van der Waals surface area contributed by atoms with Crippen LogP contribution in [0.1, 0.15) is 120 Å². The Kier molecular flexibility index (Phi) is 33.3. The Morgan fingerprint density at radius 3 is 1.35 bits per heavy atom. The number of rotatable bonds is 34. The number of carbonyl (C=O) groups excluding carboxylic acids is 2. The molecule has 5 rings (SSSR count). The zero-order valence-corrected chi connectivity index (χ0v) is 56.1. The van der Waals surface area contributed by atoms with Gasteiger partial charge in [-0.1, -0.05) is 53.5 Å². The van der Waals surface area contributed by atoms with Gasteiger partial charge in [-0.3, -0.25) is 18.6 Å². The molecule has 0 bridgehead atoms. The van der Waals surface area contributed by atoms with E-state index in [0.29, 0.717) is 12.8 Å². The Hall–Kier alpha value is -2.72. The van der Waals surface area contributed by atoms with E-state index in [1.807, 2.05) is 13.8 Å². The fourth-order valence-corrected chi connectivity index (χ4v) is 13.4. The number of ether oxygens (including phenoxy) is 9. The number of hydrogen-bond acceptors (Lipinski definition) is 29. The standard InChI is InChI=1S/C59H102N2O31P2/c1-28(2)14-10-15-29(3)16-11-17-30(4)18-12-19-31(5)20-13-21-32(6)22-23-81-93(77,78)92-94(79,80)91-56-41(61-35(9)67)52(45(71)38(26-64)84-56)87-55-40(60-34(8)66)51(44(70)37(25-63)83-55)88-59-54(90-57-49(75)47(73)42(68)33(7)82-57)53(46(72)39(27-65)86-59)89-58-50(76)48(74)43(69)36(24-62)85-58/h14,16,18,20,32-33,36-59,62-65,68-76H,10-13,15,17,19,21-27H2,1-9H3,(H,60,66)(H,61,67)(H,77,78)(H,79,80)/b29-16+,30-18+,31-20-/t32-,33-,36+,37+,38+,39+,40+,41+,42+,43-,44-,45-,46-,47+,48-,49-,50+,51+,52+,53-,54+,55+,56+,57-,58+,59-/m0/s1. The smallest absolute Gasteiger partial charge is 0.394 e. The van der Waals surface area contributed by atoms with Crippen LogP contribution in [0.25, 0.3) is 0 Å². The van der Waals surface area contributed by atoms with E-state index < -0.39 is 214 Å². The first-order chi connectivity index (χ1) is 44.2. The summed E-state index contributed by atoms with van der Waals surface area (Å²) in [5.41, 5.74) is 5.23. The van der Waals surface area contributed by atoms with E-state index in [-0.39, 0.29) is 12.3 Å². The molecule has 0 saturated carbocycles. The van der Waals surface area contributed by atoms with Gasteiger partial charge >= 0.3 is 15.6 Å². The molecule has 5 heterocycles. The predicted octanol–water partition coefficient (Wildman–Crippen LogP) is -1.40. The molecular formula is C59H102N2O31P2. The van der Waals surface area contributed by atoms with Gasteiger partial charge in [-0.25, -0.2) is 9.13 Å². The average Bonchev–Trinajstić information content (AvgIpc) is 0.766. The summed E-state index contributed by atoms with van der Waals surface area (Å²) in [5.74, 6) is -1.97. The molecule has 0 aromatic heterocycles. The summed E-state index contributed by atoms with van der Waals surface area (Å²) in [6, 6.07) is -3.96. The van der Waals surface area contributed by atoms with Gasteiger partial charge in [0.15, 0.2) is 31.5 Å². The number of phosphoric acid groups is 2. The lowest BCUT2D eigenvalue weighted by atomic mass is 9.93. The van der Waals surface area contributed by atoms with Crippen LogP contribution in [-0.4, -0.2) is 274 Å². The van der Waals surface area contributed by atoms with Crippen LogP contribution in [0, 0.1) is 5.92 Å². The maximum atomic E-state index is 13.7. The SMILES string of the molecule is CC(=O)N[C@H]1[C@@H](OP(=O)(O)OP(=O)(O)OCC[C@@H](C)CC/C=C(/C)CC/C=C(\C)CC/C=C(\C)CCC=C(C)C)O[C@H](CO)[C@H](O)[C@@H]1O[C@H]1O[C@H](CO)[C@H](O)[C@H](O[C@@H]2O[C@H](CO)[C@H](O)[C@H](O[C@H]3O[C@H](CO)[C@H](O)[C@H](O)[C@H]3O)[C@H]2O[C@@H]2O[C@@H](C)[C@@H](O)[C@@H](O)[C@@H]2O)[C@H]1NC(C)=O. The molecular weight excluding hydrogens is 1290 g/mol. The zero-order valence-electron chi connectivity index (χ0n) is 54.4. The van der Waals surface area contributed by atoms with Gasteiger partial charge in [-0.05, 0) is 105 Å². The minimum atomic E-state index is -5.88. The van der Waals surface area contributed by atoms with Crippen molar-refractivity contribution in [3.63, 3.8) is 0 Å². The van der Waals surface area contributed by atoms with E-state index in [1.54, 1.807) is 0 Å². The normalized spacial score (nSPS) is 38.6. The molecule has 33 nitrogen and oxygen atoms in total. The highest BCUT2D eigenvalue weighted by atomic mass is 31.3. The van der Waals surface area contributed by atoms with E-state index in [4.69, 9.17) is 51.7 Å². The van der Waals surface area contributed by atoms with Crippen molar-refractivity contribution >= 4 is 27.5 Å². The summed E-state index contributed by atoms with van der Waals surface area (Å²) in [5, 5.41) is 146. The van der Waals surface area contributed by atoms with Gasteiger partial charge < -0.3 is 129 Å². The summed E-state index contributed by atoms with van der Waals surface area (Å²) in [4.78, 5) is 47.7. The van der Waals surface area contributed by atoms with Crippen LogP contribution in [0.4, 0.5) is 0 Å². The van der Waals surface area contributed by atoms with Crippen molar-refractivity contribution in [2.24, 2.45) is 5.92 Å². The highest BCUT2D eigenvalue weighted by molar-refractivity contribution is 7.61. The summed E-state index contributed by atoms with van der Waals surface area (Å²) in [6.07, 6.45) is -29.6. The monoisotopic (exact) mass is 1400 g/mol. The predicted molar refractivity (Wildman–Crippen MR) is 325 cm³/mol. The number of nitrogens with one attached hydrogen (secondary N) is 2. The van der Waals surface area contributed by atoms with E-state index in [1.165, 1.54) is 29.2 Å². The zero-order chi connectivity index (χ0) is 70.1. The average molecular weight is 1400 g/mol. The Labute approximate surface area is 546 Å². The summed E-state index contributed by atoms with van der Waals surface area (Å²) >= 11 is 0. The molecule has 0 aromatic rings. The lowest BCUT2D eigenvalue weighted by Crippen LogP contribution is -2.71. The molecule has 0 radical (unpaired) electrons. The Bertz CT molecular complexity index is 2580. The minimum absolute atomic E-state index is 0.0575. The van der Waals surface area contributed by atoms with E-state index in [2.05, 4.69) is 66.9 Å². The maximum absolute atomic E-state index is 13.7. The molecule has 28 atom stereocenters. The third-order valence-electron chi connectivity index (χ3n) is 16.7. The Balaban J connectivity index is 1.33. The molecule has 0 aromatic carbocycles. The topological polar surface area (TPSA) is 507 Å². The van der Waals surface area contributed by atoms with Gasteiger partial charge in [0.05, 0.1) is 39.1 Å². The van der Waals surface area contributed by atoms with Crippen molar-refractivity contribution in [2.45, 2.75) is 274 Å². The molecule has 2 amide bonds. The fourth-order valence-electron chi connectivity index (χ4n) is 11.2. The molecule has 0 aliphatic carbocycles. The number of aliphatic hydroxyl groups excluding tert-OH is 13. The van der Waals surface area contributed by atoms with Gasteiger partial charge in [0.1, 0.15) is 116 Å². The largest absolute Gasteiger partial charge is 0.483 e. The van der Waals surface area contributed by atoms with Crippen LogP contribution in [0.2, 0.25) is 0 Å². The Morgan fingerprint density at radius 1 is 0.457 bits per heavy atom. The Morgan fingerprint density at radius 2 is 0.851 bits per heavy atom. The van der Waals surface area contributed by atoms with Crippen molar-refractivity contribution in [2.75, 3.05) is 33.0 Å². The quantitative estimate of drug-likeness (QED) is 0.0260. The van der Waals surface area contributed by atoms with E-state index in [9.17, 15) is 94.9 Å². The molecule has 5 aliphatic rings. The van der Waals surface area contributed by atoms with Crippen molar-refractivity contribution < 1.29 is 151 Å². The van der Waals surface area contributed by atoms with Gasteiger partial charge in [0.25, 0.3) is 0 Å². The van der Waals surface area contributed by atoms with Crippen molar-refractivity contribution in [1.82, 2.24) is 10.6 Å². The second kappa shape index (κ2) is 38.2. The summed E-state index contributed by atoms with van der Waals surface area (Å²) in [7, 11) is -11.3. The summed E-state index contributed by atoms with van der Waals surface area (Å²) in [6.45, 7) is 10.9. The lowest BCUT2D eigenvalue weighted by Gasteiger charge is -2.51. The molecule has 5 fully saturated rings. The third kappa shape index (κ3) is 23.7. The maximum Gasteiger partial charge on any atom is 0.483 e. The van der Waals surface area contributed by atoms with Gasteiger partial charge in [0.2, 0.25) is 11.8 Å². The van der Waals surface area contributed by atoms with Gasteiger partial charge in [0, 0.05) is 13.8 Å². The van der Waals surface area contributed by atoms with Crippen LogP contribution in [0.3, 0.4) is 0 Å². The van der Waals surface area contributed by atoms with Gasteiger partial charge in [-0.15, -0.1) is 0 Å². The number of allylic oxidation sites excluding steroid dienone is 8. The van der Waals surface area contributed by atoms with Crippen LogP contribution in [-0.2, 0) is 74.7 Å². The van der Waals surface area contributed by atoms with E-state index in [0.717, 1.165) is 52.4 Å². The summed E-state index contributed by atoms with van der Waals surface area (Å²) < 4.78 is 95.0. The molecule has 5 saturated heterocycles. The molecule has 0 spiro atoms. The fraction of sp³-hybridized carbons (Fsp3) is 0.831. The van der Waals surface area contributed by atoms with Crippen LogP contribution in [0.5, 0.6) is 0 Å².